The molecule has 0 amide bonds. The molecule has 0 aromatic carbocycles. The van der Waals surface area contributed by atoms with E-state index < -0.39 is 0 Å². The van der Waals surface area contributed by atoms with Gasteiger partial charge in [-0.15, -0.1) is 0 Å². The maximum atomic E-state index is 8.66. The molecule has 1 saturated carbocycles. The molecule has 0 N–H and O–H groups in total. The molecule has 0 unspecified atom stereocenters. The van der Waals surface area contributed by atoms with E-state index in [1.165, 1.54) is 32.0 Å². The van der Waals surface area contributed by atoms with Gasteiger partial charge in [0.2, 0.25) is 0 Å². The molecule has 0 bridgehead atoms. The average molecular weight is 173 g/mol. The highest BCUT2D eigenvalue weighted by molar-refractivity contribution is 5.23. The van der Waals surface area contributed by atoms with Crippen LogP contribution in [0.5, 0.6) is 0 Å². The largest absolute Gasteiger partial charge is 0.241 e. The third-order valence-electron chi connectivity index (χ3n) is 2.58. The van der Waals surface area contributed by atoms with E-state index in [9.17, 15) is 0 Å². The molecule has 1 aliphatic rings. The fourth-order valence-corrected chi connectivity index (χ4v) is 1.88. The summed E-state index contributed by atoms with van der Waals surface area (Å²) in [5, 5.41) is 8.66. The molecule has 0 radical (unpaired) electrons. The van der Waals surface area contributed by atoms with E-state index in [-0.39, 0.29) is 0 Å². The Bertz CT molecular complexity index is 334. The lowest BCUT2D eigenvalue weighted by Gasteiger charge is -2.06. The van der Waals surface area contributed by atoms with Crippen LogP contribution in [0.2, 0.25) is 0 Å². The van der Waals surface area contributed by atoms with Crippen LogP contribution in [0.4, 0.5) is 0 Å². The van der Waals surface area contributed by atoms with Crippen LogP contribution >= 0.6 is 0 Å². The van der Waals surface area contributed by atoms with Gasteiger partial charge in [0.15, 0.2) is 0 Å². The van der Waals surface area contributed by atoms with Gasteiger partial charge in [0, 0.05) is 11.6 Å². The normalized spacial score (nSPS) is 17.2. The Morgan fingerprint density at radius 3 is 2.77 bits per heavy atom. The lowest BCUT2D eigenvalue weighted by molar-refractivity contribution is 0.693. The van der Waals surface area contributed by atoms with Crippen molar-refractivity contribution in [2.75, 3.05) is 0 Å². The molecule has 0 spiro atoms. The summed E-state index contributed by atoms with van der Waals surface area (Å²) in [6.07, 6.45) is 6.49. The van der Waals surface area contributed by atoms with Crippen molar-refractivity contribution in [1.82, 2.24) is 9.97 Å². The Balaban J connectivity index is 2.25. The van der Waals surface area contributed by atoms with Gasteiger partial charge in [-0.05, 0) is 18.9 Å². The van der Waals surface area contributed by atoms with Gasteiger partial charge in [-0.3, -0.25) is 0 Å². The fourth-order valence-electron chi connectivity index (χ4n) is 1.88. The fraction of sp³-hybridized carbons (Fsp3) is 0.500. The first-order valence-corrected chi connectivity index (χ1v) is 4.62. The molecule has 0 atom stereocenters. The molecule has 2 rings (SSSR count). The summed E-state index contributed by atoms with van der Waals surface area (Å²) in [7, 11) is 0. The van der Waals surface area contributed by atoms with Crippen LogP contribution in [-0.2, 0) is 0 Å². The molecule has 1 heterocycles. The van der Waals surface area contributed by atoms with Crippen LogP contribution in [0, 0.1) is 11.3 Å². The predicted octanol–water partition coefficient (Wildman–Crippen LogP) is 2.01. The highest BCUT2D eigenvalue weighted by Crippen LogP contribution is 2.32. The van der Waals surface area contributed by atoms with Crippen molar-refractivity contribution in [3.63, 3.8) is 0 Å². The minimum Gasteiger partial charge on any atom is -0.241 e. The molecule has 13 heavy (non-hydrogen) atoms. The highest BCUT2D eigenvalue weighted by Gasteiger charge is 2.18. The van der Waals surface area contributed by atoms with Crippen molar-refractivity contribution in [3.8, 4) is 6.07 Å². The van der Waals surface area contributed by atoms with Gasteiger partial charge in [0.05, 0.1) is 0 Å². The van der Waals surface area contributed by atoms with E-state index in [2.05, 4.69) is 9.97 Å². The predicted molar refractivity (Wildman–Crippen MR) is 48.0 cm³/mol. The quantitative estimate of drug-likeness (QED) is 0.652. The average Bonchev–Trinajstić information content (AvgIpc) is 2.71. The Kier molecular flexibility index (Phi) is 2.22. The van der Waals surface area contributed by atoms with Crippen molar-refractivity contribution < 1.29 is 0 Å². The monoisotopic (exact) mass is 173 g/mol. The van der Waals surface area contributed by atoms with Crippen LogP contribution in [0.25, 0.3) is 0 Å². The van der Waals surface area contributed by atoms with E-state index in [0.717, 1.165) is 5.69 Å². The Morgan fingerprint density at radius 2 is 2.08 bits per heavy atom. The van der Waals surface area contributed by atoms with Crippen molar-refractivity contribution in [2.24, 2.45) is 0 Å². The topological polar surface area (TPSA) is 49.6 Å². The minimum absolute atomic E-state index is 0.483. The molecule has 1 fully saturated rings. The van der Waals surface area contributed by atoms with Gasteiger partial charge in [0.25, 0.3) is 0 Å². The smallest absolute Gasteiger partial charge is 0.144 e. The lowest BCUT2D eigenvalue weighted by atomic mass is 10.0. The summed E-state index contributed by atoms with van der Waals surface area (Å²) in [5.41, 5.74) is 1.53. The molecule has 0 aliphatic heterocycles. The standard InChI is InChI=1S/C10H11N3/c11-6-9-5-10(13-7-12-9)8-3-1-2-4-8/h5,7-8H,1-4H2. The summed E-state index contributed by atoms with van der Waals surface area (Å²) in [5.74, 6) is 0.565. The van der Waals surface area contributed by atoms with Crippen LogP contribution in [-0.4, -0.2) is 9.97 Å². The number of rotatable bonds is 1. The van der Waals surface area contributed by atoms with Crippen LogP contribution < -0.4 is 0 Å². The molecule has 66 valence electrons. The molecule has 1 aromatic rings. The van der Waals surface area contributed by atoms with Gasteiger partial charge in [-0.25, -0.2) is 9.97 Å². The van der Waals surface area contributed by atoms with E-state index in [1.54, 1.807) is 0 Å². The Hall–Kier alpha value is -1.43. The highest BCUT2D eigenvalue weighted by atomic mass is 14.8. The third kappa shape index (κ3) is 1.67. The van der Waals surface area contributed by atoms with E-state index in [4.69, 9.17) is 5.26 Å². The zero-order valence-corrected chi connectivity index (χ0v) is 7.40. The molecule has 1 aliphatic carbocycles. The molecular weight excluding hydrogens is 162 g/mol. The maximum Gasteiger partial charge on any atom is 0.144 e. The Morgan fingerprint density at radius 1 is 1.31 bits per heavy atom. The Labute approximate surface area is 77.4 Å². The van der Waals surface area contributed by atoms with Crippen molar-refractivity contribution in [3.05, 3.63) is 23.8 Å². The summed E-state index contributed by atoms with van der Waals surface area (Å²) in [6.45, 7) is 0. The first kappa shape index (κ1) is 8.18. The summed E-state index contributed by atoms with van der Waals surface area (Å²) in [4.78, 5) is 8.06. The van der Waals surface area contributed by atoms with Crippen molar-refractivity contribution in [2.45, 2.75) is 31.6 Å². The van der Waals surface area contributed by atoms with Crippen LogP contribution in [0.15, 0.2) is 12.4 Å². The molecule has 3 nitrogen and oxygen atoms in total. The van der Waals surface area contributed by atoms with E-state index >= 15 is 0 Å². The minimum atomic E-state index is 0.483. The van der Waals surface area contributed by atoms with Gasteiger partial charge >= 0.3 is 0 Å². The number of nitrogens with zero attached hydrogens (tertiary/aromatic N) is 3. The lowest BCUT2D eigenvalue weighted by Crippen LogP contribution is -1.98. The number of nitriles is 1. The second-order valence-corrected chi connectivity index (χ2v) is 3.42. The van der Waals surface area contributed by atoms with Crippen molar-refractivity contribution in [1.29, 1.82) is 5.26 Å². The molecular formula is C10H11N3. The molecule has 0 saturated heterocycles. The maximum absolute atomic E-state index is 8.66. The number of hydrogen-bond acceptors (Lipinski definition) is 3. The zero-order chi connectivity index (χ0) is 9.10. The van der Waals surface area contributed by atoms with E-state index in [1.807, 2.05) is 12.1 Å². The second kappa shape index (κ2) is 3.53. The third-order valence-corrected chi connectivity index (χ3v) is 2.58. The zero-order valence-electron chi connectivity index (χ0n) is 7.40. The van der Waals surface area contributed by atoms with Crippen LogP contribution in [0.1, 0.15) is 43.0 Å². The summed E-state index contributed by atoms with van der Waals surface area (Å²) in [6, 6.07) is 3.86. The van der Waals surface area contributed by atoms with Gasteiger partial charge in [-0.1, -0.05) is 12.8 Å². The van der Waals surface area contributed by atoms with Gasteiger partial charge < -0.3 is 0 Å². The van der Waals surface area contributed by atoms with Crippen LogP contribution in [0.3, 0.4) is 0 Å². The van der Waals surface area contributed by atoms with Gasteiger partial charge in [0.1, 0.15) is 18.1 Å². The van der Waals surface area contributed by atoms with E-state index in [0.29, 0.717) is 11.6 Å². The first-order valence-electron chi connectivity index (χ1n) is 4.62. The molecule has 1 aromatic heterocycles. The van der Waals surface area contributed by atoms with Gasteiger partial charge in [-0.2, -0.15) is 5.26 Å². The second-order valence-electron chi connectivity index (χ2n) is 3.42. The number of aromatic nitrogens is 2. The molecule has 3 heteroatoms. The number of hydrogen-bond donors (Lipinski definition) is 0. The first-order chi connectivity index (χ1) is 6.40. The van der Waals surface area contributed by atoms with Crippen molar-refractivity contribution >= 4 is 0 Å². The summed E-state index contributed by atoms with van der Waals surface area (Å²) >= 11 is 0. The summed E-state index contributed by atoms with van der Waals surface area (Å²) < 4.78 is 0. The SMILES string of the molecule is N#Cc1cc(C2CCCC2)ncn1.